The third-order valence-electron chi connectivity index (χ3n) is 5.45. The molecule has 184 valence electrons. The summed E-state index contributed by atoms with van der Waals surface area (Å²) in [5.41, 5.74) is 1.50. The molecule has 0 bridgehead atoms. The fourth-order valence-electron chi connectivity index (χ4n) is 3.42. The molecule has 8 nitrogen and oxygen atoms in total. The molecule has 0 saturated heterocycles. The van der Waals surface area contributed by atoms with E-state index >= 15 is 0 Å². The molecule has 35 heavy (non-hydrogen) atoms. The molecule has 3 aromatic rings. The Morgan fingerprint density at radius 1 is 0.886 bits per heavy atom. The van der Waals surface area contributed by atoms with Crippen molar-refractivity contribution in [1.82, 2.24) is 4.90 Å². The second-order valence-electron chi connectivity index (χ2n) is 7.64. The van der Waals surface area contributed by atoms with Gasteiger partial charge in [0, 0.05) is 20.1 Å². The van der Waals surface area contributed by atoms with Crippen molar-refractivity contribution >= 4 is 27.6 Å². The van der Waals surface area contributed by atoms with Crippen molar-refractivity contribution in [2.24, 2.45) is 0 Å². The summed E-state index contributed by atoms with van der Waals surface area (Å²) in [6.45, 7) is 2.33. The number of likely N-dealkylation sites (N-methyl/N-ethyl adjacent to an activating group) is 1. The maximum atomic E-state index is 13.1. The first kappa shape index (κ1) is 25.8. The van der Waals surface area contributed by atoms with Crippen LogP contribution in [0.2, 0.25) is 0 Å². The second-order valence-corrected chi connectivity index (χ2v) is 9.61. The number of benzene rings is 3. The zero-order valence-electron chi connectivity index (χ0n) is 19.9. The minimum atomic E-state index is -3.90. The van der Waals surface area contributed by atoms with Crippen LogP contribution >= 0.6 is 0 Å². The van der Waals surface area contributed by atoms with Crippen molar-refractivity contribution in [3.63, 3.8) is 0 Å². The first-order valence-corrected chi connectivity index (χ1v) is 12.4. The molecule has 3 rings (SSSR count). The number of esters is 1. The van der Waals surface area contributed by atoms with Crippen LogP contribution in [-0.4, -0.2) is 52.5 Å². The van der Waals surface area contributed by atoms with E-state index < -0.39 is 22.6 Å². The van der Waals surface area contributed by atoms with Crippen molar-refractivity contribution < 1.29 is 27.5 Å². The molecule has 0 fully saturated rings. The Hall–Kier alpha value is -3.85. The number of ether oxygens (including phenoxy) is 2. The Kier molecular flexibility index (Phi) is 8.48. The van der Waals surface area contributed by atoms with Gasteiger partial charge in [-0.15, -0.1) is 0 Å². The zero-order valence-corrected chi connectivity index (χ0v) is 20.7. The number of nitrogens with zero attached hydrogens (tertiary/aromatic N) is 2. The highest BCUT2D eigenvalue weighted by Crippen LogP contribution is 2.30. The SMILES string of the molecule is CCN(Cc1ccccc1)C(=O)COC(=O)c1ccc(S(=O)(=O)N(C)c2ccccc2OC)cc1. The van der Waals surface area contributed by atoms with E-state index in [1.165, 1.54) is 38.4 Å². The van der Waals surface area contributed by atoms with Crippen molar-refractivity contribution in [1.29, 1.82) is 0 Å². The average molecular weight is 497 g/mol. The Morgan fingerprint density at radius 3 is 2.14 bits per heavy atom. The van der Waals surface area contributed by atoms with Gasteiger partial charge in [0.2, 0.25) is 0 Å². The molecule has 0 saturated carbocycles. The smallest absolute Gasteiger partial charge is 0.338 e. The van der Waals surface area contributed by atoms with E-state index in [2.05, 4.69) is 0 Å². The van der Waals surface area contributed by atoms with Crippen LogP contribution in [-0.2, 0) is 26.1 Å². The molecular weight excluding hydrogens is 468 g/mol. The summed E-state index contributed by atoms with van der Waals surface area (Å²) in [6.07, 6.45) is 0. The van der Waals surface area contributed by atoms with Crippen LogP contribution < -0.4 is 9.04 Å². The van der Waals surface area contributed by atoms with Crippen LogP contribution in [0.3, 0.4) is 0 Å². The van der Waals surface area contributed by atoms with E-state index in [4.69, 9.17) is 9.47 Å². The minimum absolute atomic E-state index is 0.00134. The maximum Gasteiger partial charge on any atom is 0.338 e. The number of carbonyl (C=O) groups is 2. The molecule has 0 atom stereocenters. The predicted octanol–water partition coefficient (Wildman–Crippen LogP) is 3.73. The molecule has 0 aliphatic carbocycles. The number of hydrogen-bond donors (Lipinski definition) is 0. The fraction of sp³-hybridized carbons (Fsp3) is 0.231. The van der Waals surface area contributed by atoms with Crippen LogP contribution in [0.5, 0.6) is 5.75 Å². The van der Waals surface area contributed by atoms with Crippen LogP contribution in [0.15, 0.2) is 83.8 Å². The standard InChI is InChI=1S/C26H28N2O6S/c1-4-28(18-20-10-6-5-7-11-20)25(29)19-34-26(30)21-14-16-22(17-15-21)35(31,32)27(2)23-12-8-9-13-24(23)33-3/h5-17H,4,18-19H2,1-3H3. The Balaban J connectivity index is 1.64. The molecule has 0 heterocycles. The molecule has 0 aliphatic heterocycles. The monoisotopic (exact) mass is 496 g/mol. The molecule has 0 unspecified atom stereocenters. The summed E-state index contributed by atoms with van der Waals surface area (Å²) < 4.78 is 37.7. The molecule has 0 aliphatic rings. The van der Waals surface area contributed by atoms with Gasteiger partial charge in [0.15, 0.2) is 6.61 Å². The molecule has 9 heteroatoms. The lowest BCUT2D eigenvalue weighted by molar-refractivity contribution is -0.134. The van der Waals surface area contributed by atoms with Gasteiger partial charge >= 0.3 is 5.97 Å². The number of rotatable bonds is 10. The lowest BCUT2D eigenvalue weighted by Crippen LogP contribution is -2.34. The number of amides is 1. The highest BCUT2D eigenvalue weighted by molar-refractivity contribution is 7.92. The molecule has 0 N–H and O–H groups in total. The summed E-state index contributed by atoms with van der Waals surface area (Å²) in [7, 11) is -1.01. The van der Waals surface area contributed by atoms with E-state index in [9.17, 15) is 18.0 Å². The van der Waals surface area contributed by atoms with Gasteiger partial charge in [-0.3, -0.25) is 9.10 Å². The van der Waals surface area contributed by atoms with E-state index in [0.717, 1.165) is 9.87 Å². The Bertz CT molecular complexity index is 1260. The number of carbonyl (C=O) groups excluding carboxylic acids is 2. The average Bonchev–Trinajstić information content (AvgIpc) is 2.90. The van der Waals surface area contributed by atoms with Crippen LogP contribution in [0.25, 0.3) is 0 Å². The molecule has 3 aromatic carbocycles. The highest BCUT2D eigenvalue weighted by Gasteiger charge is 2.24. The van der Waals surface area contributed by atoms with Crippen molar-refractivity contribution in [2.45, 2.75) is 18.4 Å². The van der Waals surface area contributed by atoms with Crippen molar-refractivity contribution in [2.75, 3.05) is 31.6 Å². The molecule has 1 amide bonds. The largest absolute Gasteiger partial charge is 0.495 e. The fourth-order valence-corrected chi connectivity index (χ4v) is 4.63. The number of methoxy groups -OCH3 is 1. The van der Waals surface area contributed by atoms with E-state index in [0.29, 0.717) is 24.5 Å². The van der Waals surface area contributed by atoms with Gasteiger partial charge in [-0.2, -0.15) is 0 Å². The topological polar surface area (TPSA) is 93.2 Å². The van der Waals surface area contributed by atoms with Crippen LogP contribution in [0.4, 0.5) is 5.69 Å². The van der Waals surface area contributed by atoms with Gasteiger partial charge in [0.05, 0.1) is 23.3 Å². The second kappa shape index (κ2) is 11.5. The lowest BCUT2D eigenvalue weighted by Gasteiger charge is -2.22. The van der Waals surface area contributed by atoms with Gasteiger partial charge in [-0.25, -0.2) is 13.2 Å². The molecular formula is C26H28N2O6S. The number of hydrogen-bond acceptors (Lipinski definition) is 6. The van der Waals surface area contributed by atoms with E-state index in [1.54, 1.807) is 29.2 Å². The molecule has 0 aromatic heterocycles. The summed E-state index contributed by atoms with van der Waals surface area (Å²) in [5, 5.41) is 0. The normalized spacial score (nSPS) is 10.9. The predicted molar refractivity (Wildman–Crippen MR) is 133 cm³/mol. The molecule has 0 radical (unpaired) electrons. The Labute approximate surface area is 205 Å². The maximum absolute atomic E-state index is 13.1. The third kappa shape index (κ3) is 6.19. The highest BCUT2D eigenvalue weighted by atomic mass is 32.2. The summed E-state index contributed by atoms with van der Waals surface area (Å²) in [4.78, 5) is 26.6. The van der Waals surface area contributed by atoms with E-state index in [-0.39, 0.29) is 16.4 Å². The molecule has 0 spiro atoms. The zero-order chi connectivity index (χ0) is 25.4. The van der Waals surface area contributed by atoms with Crippen molar-refractivity contribution in [3.05, 3.63) is 90.0 Å². The summed E-state index contributed by atoms with van der Waals surface area (Å²) >= 11 is 0. The summed E-state index contributed by atoms with van der Waals surface area (Å²) in [5.74, 6) is -0.615. The van der Waals surface area contributed by atoms with Crippen LogP contribution in [0.1, 0.15) is 22.8 Å². The third-order valence-corrected chi connectivity index (χ3v) is 7.24. The quantitative estimate of drug-likeness (QED) is 0.397. The van der Waals surface area contributed by atoms with Gasteiger partial charge in [-0.05, 0) is 48.9 Å². The number of sulfonamides is 1. The van der Waals surface area contributed by atoms with Crippen molar-refractivity contribution in [3.8, 4) is 5.75 Å². The van der Waals surface area contributed by atoms with Crippen LogP contribution in [0, 0.1) is 0 Å². The number of para-hydroxylation sites is 2. The first-order chi connectivity index (χ1) is 16.8. The van der Waals surface area contributed by atoms with E-state index in [1.807, 2.05) is 37.3 Å². The summed E-state index contributed by atoms with van der Waals surface area (Å²) in [6, 6.07) is 21.7. The first-order valence-electron chi connectivity index (χ1n) is 11.0. The van der Waals surface area contributed by atoms with Gasteiger partial charge in [0.25, 0.3) is 15.9 Å². The van der Waals surface area contributed by atoms with Gasteiger partial charge < -0.3 is 14.4 Å². The number of anilines is 1. The lowest BCUT2D eigenvalue weighted by atomic mass is 10.2. The van der Waals surface area contributed by atoms with Gasteiger partial charge in [-0.1, -0.05) is 42.5 Å². The Morgan fingerprint density at radius 2 is 1.51 bits per heavy atom. The minimum Gasteiger partial charge on any atom is -0.495 e. The van der Waals surface area contributed by atoms with Gasteiger partial charge in [0.1, 0.15) is 5.75 Å².